The van der Waals surface area contributed by atoms with Gasteiger partial charge in [0.2, 0.25) is 5.95 Å². The van der Waals surface area contributed by atoms with E-state index in [0.29, 0.717) is 12.0 Å². The molecule has 1 heterocycles. The lowest BCUT2D eigenvalue weighted by atomic mass is 10.1. The van der Waals surface area contributed by atoms with Crippen molar-refractivity contribution in [3.63, 3.8) is 0 Å². The van der Waals surface area contributed by atoms with Crippen molar-refractivity contribution in [3.8, 4) is 0 Å². The molecule has 0 aliphatic rings. The van der Waals surface area contributed by atoms with Gasteiger partial charge < -0.3 is 16.0 Å². The Bertz CT molecular complexity index is 381. The number of nitrogens with zero attached hydrogens (tertiary/aromatic N) is 3. The molecule has 0 aliphatic heterocycles. The molecule has 108 valence electrons. The molecule has 0 saturated heterocycles. The average molecular weight is 330 g/mol. The molecule has 19 heavy (non-hydrogen) atoms. The molecule has 6 heteroatoms. The Hall–Kier alpha value is -0.880. The highest BCUT2D eigenvalue weighted by atomic mass is 79.9. The van der Waals surface area contributed by atoms with Crippen LogP contribution in [0.15, 0.2) is 10.7 Å². The van der Waals surface area contributed by atoms with E-state index in [1.165, 1.54) is 6.42 Å². The first kappa shape index (κ1) is 16.2. The number of anilines is 2. The second kappa shape index (κ2) is 8.32. The summed E-state index contributed by atoms with van der Waals surface area (Å²) in [6, 6.07) is 0.362. The molecule has 1 atom stereocenters. The smallest absolute Gasteiger partial charge is 0.221 e. The van der Waals surface area contributed by atoms with Crippen molar-refractivity contribution in [2.45, 2.75) is 39.7 Å². The minimum Gasteiger partial charge on any atom is -0.368 e. The quantitative estimate of drug-likeness (QED) is 0.767. The SMILES string of the molecule is CCN(CC)CCCC(C)Nc1nc(N)ncc1Br. The van der Waals surface area contributed by atoms with Gasteiger partial charge in [-0.25, -0.2) is 4.98 Å². The number of hydrogen-bond acceptors (Lipinski definition) is 5. The van der Waals surface area contributed by atoms with Crippen molar-refractivity contribution in [1.29, 1.82) is 0 Å². The highest BCUT2D eigenvalue weighted by Gasteiger charge is 2.08. The number of nitrogen functional groups attached to an aromatic ring is 1. The van der Waals surface area contributed by atoms with Gasteiger partial charge in [0.1, 0.15) is 5.82 Å². The van der Waals surface area contributed by atoms with Crippen LogP contribution in [0.25, 0.3) is 0 Å². The summed E-state index contributed by atoms with van der Waals surface area (Å²) in [5.41, 5.74) is 5.59. The molecular weight excluding hydrogens is 306 g/mol. The standard InChI is InChI=1S/C13H24BrN5/c1-4-19(5-2)8-6-7-10(3)17-12-11(14)9-16-13(15)18-12/h9-10H,4-8H2,1-3H3,(H3,15,16,17,18). The van der Waals surface area contributed by atoms with Crippen molar-refractivity contribution in [3.05, 3.63) is 10.7 Å². The number of halogens is 1. The van der Waals surface area contributed by atoms with Crippen molar-refractivity contribution in [2.24, 2.45) is 0 Å². The van der Waals surface area contributed by atoms with E-state index >= 15 is 0 Å². The maximum absolute atomic E-state index is 5.59. The largest absolute Gasteiger partial charge is 0.368 e. The van der Waals surface area contributed by atoms with Gasteiger partial charge in [0, 0.05) is 12.2 Å². The van der Waals surface area contributed by atoms with E-state index in [9.17, 15) is 0 Å². The number of nitrogens with one attached hydrogen (secondary N) is 1. The third-order valence-electron chi connectivity index (χ3n) is 3.15. The molecule has 0 radical (unpaired) electrons. The van der Waals surface area contributed by atoms with Crippen LogP contribution in [0.3, 0.4) is 0 Å². The van der Waals surface area contributed by atoms with Crippen molar-refractivity contribution >= 4 is 27.7 Å². The predicted octanol–water partition coefficient (Wildman–Crippen LogP) is 2.74. The van der Waals surface area contributed by atoms with Gasteiger partial charge in [0.05, 0.1) is 4.47 Å². The van der Waals surface area contributed by atoms with E-state index in [4.69, 9.17) is 5.73 Å². The molecule has 1 aromatic heterocycles. The zero-order valence-electron chi connectivity index (χ0n) is 12.0. The van der Waals surface area contributed by atoms with Gasteiger partial charge in [-0.15, -0.1) is 0 Å². The molecule has 0 amide bonds. The number of aromatic nitrogens is 2. The maximum atomic E-state index is 5.59. The summed E-state index contributed by atoms with van der Waals surface area (Å²) in [6.07, 6.45) is 3.95. The zero-order chi connectivity index (χ0) is 14.3. The fourth-order valence-corrected chi connectivity index (χ4v) is 2.25. The normalized spacial score (nSPS) is 12.7. The second-order valence-corrected chi connectivity index (χ2v) is 5.49. The molecule has 1 unspecified atom stereocenters. The Morgan fingerprint density at radius 1 is 1.42 bits per heavy atom. The van der Waals surface area contributed by atoms with Crippen LogP contribution in [-0.2, 0) is 0 Å². The van der Waals surface area contributed by atoms with Gasteiger partial charge in [0.15, 0.2) is 0 Å². The summed E-state index contributed by atoms with van der Waals surface area (Å²) in [5, 5.41) is 3.36. The minimum atomic E-state index is 0.293. The van der Waals surface area contributed by atoms with E-state index in [2.05, 4.69) is 56.9 Å². The van der Waals surface area contributed by atoms with Crippen molar-refractivity contribution in [2.75, 3.05) is 30.7 Å². The predicted molar refractivity (Wildman–Crippen MR) is 84.3 cm³/mol. The van der Waals surface area contributed by atoms with E-state index in [1.54, 1.807) is 6.20 Å². The maximum Gasteiger partial charge on any atom is 0.221 e. The molecule has 0 spiro atoms. The lowest BCUT2D eigenvalue weighted by Crippen LogP contribution is -2.25. The molecule has 0 aliphatic carbocycles. The summed E-state index contributed by atoms with van der Waals surface area (Å²) in [4.78, 5) is 10.5. The van der Waals surface area contributed by atoms with Gasteiger partial charge in [-0.1, -0.05) is 13.8 Å². The van der Waals surface area contributed by atoms with Crippen LogP contribution in [0.1, 0.15) is 33.6 Å². The number of nitrogens with two attached hydrogens (primary N) is 1. The van der Waals surface area contributed by atoms with Gasteiger partial charge >= 0.3 is 0 Å². The van der Waals surface area contributed by atoms with E-state index in [1.807, 2.05) is 0 Å². The fourth-order valence-electron chi connectivity index (χ4n) is 1.95. The lowest BCUT2D eigenvalue weighted by molar-refractivity contribution is 0.295. The second-order valence-electron chi connectivity index (χ2n) is 4.64. The molecule has 1 rings (SSSR count). The van der Waals surface area contributed by atoms with Gasteiger partial charge in [-0.05, 0) is 55.3 Å². The third kappa shape index (κ3) is 5.74. The van der Waals surface area contributed by atoms with Crippen LogP contribution in [-0.4, -0.2) is 40.5 Å². The van der Waals surface area contributed by atoms with E-state index in [0.717, 1.165) is 36.3 Å². The summed E-state index contributed by atoms with van der Waals surface area (Å²) in [6.45, 7) is 9.94. The molecule has 0 fully saturated rings. The first-order valence-electron chi connectivity index (χ1n) is 6.83. The lowest BCUT2D eigenvalue weighted by Gasteiger charge is -2.20. The van der Waals surface area contributed by atoms with Gasteiger partial charge in [-0.3, -0.25) is 0 Å². The minimum absolute atomic E-state index is 0.293. The van der Waals surface area contributed by atoms with E-state index in [-0.39, 0.29) is 0 Å². The molecule has 0 bridgehead atoms. The van der Waals surface area contributed by atoms with Crippen LogP contribution in [0.2, 0.25) is 0 Å². The average Bonchev–Trinajstić information content (AvgIpc) is 2.39. The summed E-state index contributed by atoms with van der Waals surface area (Å²) < 4.78 is 0.845. The Labute approximate surface area is 124 Å². The molecule has 0 aromatic carbocycles. The molecule has 3 N–H and O–H groups in total. The third-order valence-corrected chi connectivity index (χ3v) is 3.73. The summed E-state index contributed by atoms with van der Waals surface area (Å²) in [5.74, 6) is 1.06. The Balaban J connectivity index is 2.38. The van der Waals surface area contributed by atoms with Crippen LogP contribution in [0, 0.1) is 0 Å². The highest BCUT2D eigenvalue weighted by molar-refractivity contribution is 9.10. The highest BCUT2D eigenvalue weighted by Crippen LogP contribution is 2.20. The van der Waals surface area contributed by atoms with Crippen LogP contribution >= 0.6 is 15.9 Å². The molecule has 0 saturated carbocycles. The first-order chi connectivity index (χ1) is 9.06. The fraction of sp³-hybridized carbons (Fsp3) is 0.692. The summed E-state index contributed by atoms with van der Waals surface area (Å²) in [7, 11) is 0. The summed E-state index contributed by atoms with van der Waals surface area (Å²) >= 11 is 3.42. The van der Waals surface area contributed by atoms with Crippen LogP contribution < -0.4 is 11.1 Å². The monoisotopic (exact) mass is 329 g/mol. The van der Waals surface area contributed by atoms with E-state index < -0.39 is 0 Å². The number of hydrogen-bond donors (Lipinski definition) is 2. The zero-order valence-corrected chi connectivity index (χ0v) is 13.6. The van der Waals surface area contributed by atoms with Gasteiger partial charge in [0.25, 0.3) is 0 Å². The Morgan fingerprint density at radius 2 is 2.11 bits per heavy atom. The first-order valence-corrected chi connectivity index (χ1v) is 7.63. The molecular formula is C13H24BrN5. The van der Waals surface area contributed by atoms with Crippen LogP contribution in [0.5, 0.6) is 0 Å². The molecule has 1 aromatic rings. The van der Waals surface area contributed by atoms with Crippen molar-refractivity contribution < 1.29 is 0 Å². The molecule has 5 nitrogen and oxygen atoms in total. The van der Waals surface area contributed by atoms with Crippen molar-refractivity contribution in [1.82, 2.24) is 14.9 Å². The Kier molecular flexibility index (Phi) is 7.09. The van der Waals surface area contributed by atoms with Gasteiger partial charge in [-0.2, -0.15) is 4.98 Å². The Morgan fingerprint density at radius 3 is 2.74 bits per heavy atom. The topological polar surface area (TPSA) is 67.1 Å². The number of rotatable bonds is 8. The van der Waals surface area contributed by atoms with Crippen LogP contribution in [0.4, 0.5) is 11.8 Å².